The predicted molar refractivity (Wildman–Crippen MR) is 164 cm³/mol. The van der Waals surface area contributed by atoms with E-state index in [1.807, 2.05) is 12.1 Å². The van der Waals surface area contributed by atoms with Crippen LogP contribution in [0.25, 0.3) is 6.08 Å². The lowest BCUT2D eigenvalue weighted by molar-refractivity contribution is -0.127. The van der Waals surface area contributed by atoms with Crippen molar-refractivity contribution in [2.75, 3.05) is 19.0 Å². The van der Waals surface area contributed by atoms with Crippen LogP contribution in [0.5, 0.6) is 11.5 Å². The number of amides is 3. The number of methoxy groups -OCH3 is 1. The van der Waals surface area contributed by atoms with Gasteiger partial charge in [-0.25, -0.2) is 4.79 Å². The van der Waals surface area contributed by atoms with Crippen LogP contribution in [0.15, 0.2) is 65.6 Å². The average molecular weight is 770 g/mol. The summed E-state index contributed by atoms with van der Waals surface area (Å²) in [7, 11) is 1.54. The van der Waals surface area contributed by atoms with Crippen molar-refractivity contribution in [3.63, 3.8) is 0 Å². The minimum Gasteiger partial charge on any atom is -0.497 e. The summed E-state index contributed by atoms with van der Waals surface area (Å²) in [5, 5.41) is 11.2. The van der Waals surface area contributed by atoms with Crippen molar-refractivity contribution in [1.29, 1.82) is 0 Å². The summed E-state index contributed by atoms with van der Waals surface area (Å²) in [4.78, 5) is 50.0. The molecule has 0 aromatic heterocycles. The lowest BCUT2D eigenvalue weighted by atomic mass is 10.1. The number of thioether (sulfide) groups is 1. The number of ether oxygens (including phenoxy) is 2. The summed E-state index contributed by atoms with van der Waals surface area (Å²) >= 11 is 5.05. The van der Waals surface area contributed by atoms with Gasteiger partial charge in [-0.2, -0.15) is 0 Å². The highest BCUT2D eigenvalue weighted by Crippen LogP contribution is 2.35. The van der Waals surface area contributed by atoms with Crippen molar-refractivity contribution in [2.24, 2.45) is 0 Å². The van der Waals surface area contributed by atoms with Crippen molar-refractivity contribution < 1.29 is 33.8 Å². The highest BCUT2D eigenvalue weighted by Gasteiger charge is 2.36. The molecular formula is C27H20I2N2O7S. The molecule has 0 unspecified atom stereocenters. The Balaban J connectivity index is 1.41. The second-order valence-electron chi connectivity index (χ2n) is 8.15. The third-order valence-electron chi connectivity index (χ3n) is 5.45. The van der Waals surface area contributed by atoms with Gasteiger partial charge < -0.3 is 19.9 Å². The van der Waals surface area contributed by atoms with Crippen molar-refractivity contribution in [2.45, 2.75) is 6.61 Å². The van der Waals surface area contributed by atoms with Gasteiger partial charge in [-0.1, -0.05) is 12.1 Å². The van der Waals surface area contributed by atoms with Crippen molar-refractivity contribution >= 4 is 91.7 Å². The van der Waals surface area contributed by atoms with Gasteiger partial charge in [-0.15, -0.1) is 0 Å². The standard InChI is InChI=1S/C27H20I2N2O7S/c1-37-19-8-6-18(7-9-19)30-23(32)13-31-25(33)22(39-27(31)36)12-16-10-20(28)24(21(29)11-16)38-14-15-2-4-17(5-3-15)26(34)35/h2-12H,13-14H2,1H3,(H,30,32)(H,34,35)/b22-12+. The number of hydrogen-bond donors (Lipinski definition) is 2. The maximum absolute atomic E-state index is 12.9. The van der Waals surface area contributed by atoms with Gasteiger partial charge in [0.2, 0.25) is 5.91 Å². The molecule has 12 heteroatoms. The topological polar surface area (TPSA) is 122 Å². The molecule has 200 valence electrons. The number of carbonyl (C=O) groups excluding carboxylic acids is 3. The molecule has 2 N–H and O–H groups in total. The number of nitrogens with zero attached hydrogens (tertiary/aromatic N) is 1. The van der Waals surface area contributed by atoms with Gasteiger partial charge in [-0.3, -0.25) is 19.3 Å². The van der Waals surface area contributed by atoms with Crippen LogP contribution in [0.4, 0.5) is 10.5 Å². The Morgan fingerprint density at radius 2 is 1.67 bits per heavy atom. The van der Waals surface area contributed by atoms with Gasteiger partial charge in [0.05, 0.1) is 24.7 Å². The second kappa shape index (κ2) is 12.8. The van der Waals surface area contributed by atoms with E-state index < -0.39 is 29.6 Å². The molecule has 4 rings (SSSR count). The van der Waals surface area contributed by atoms with Gasteiger partial charge in [0.15, 0.2) is 0 Å². The zero-order valence-corrected chi connectivity index (χ0v) is 25.4. The number of benzene rings is 3. The van der Waals surface area contributed by atoms with Crippen molar-refractivity contribution in [1.82, 2.24) is 4.90 Å². The number of imide groups is 1. The van der Waals surface area contributed by atoms with E-state index in [-0.39, 0.29) is 17.1 Å². The molecule has 9 nitrogen and oxygen atoms in total. The number of nitrogens with one attached hydrogen (secondary N) is 1. The Bertz CT molecular complexity index is 1450. The predicted octanol–water partition coefficient (Wildman–Crippen LogP) is 5.86. The quantitative estimate of drug-likeness (QED) is 0.205. The Morgan fingerprint density at radius 1 is 1.03 bits per heavy atom. The molecule has 3 aromatic carbocycles. The van der Waals surface area contributed by atoms with Gasteiger partial charge in [-0.05, 0) is 123 Å². The SMILES string of the molecule is COc1ccc(NC(=O)CN2C(=O)S/C(=C/c3cc(I)c(OCc4ccc(C(=O)O)cc4)c(I)c3)C2=O)cc1. The van der Waals surface area contributed by atoms with E-state index in [4.69, 9.17) is 14.6 Å². The fourth-order valence-electron chi connectivity index (χ4n) is 3.51. The number of halogens is 2. The molecule has 39 heavy (non-hydrogen) atoms. The van der Waals surface area contributed by atoms with E-state index in [1.54, 1.807) is 42.5 Å². The van der Waals surface area contributed by atoms with Crippen LogP contribution in [0, 0.1) is 7.14 Å². The monoisotopic (exact) mass is 770 g/mol. The molecule has 0 aliphatic carbocycles. The van der Waals surface area contributed by atoms with Crippen LogP contribution in [0.1, 0.15) is 21.5 Å². The van der Waals surface area contributed by atoms with Crippen LogP contribution in [-0.4, -0.2) is 46.7 Å². The van der Waals surface area contributed by atoms with E-state index in [0.717, 1.165) is 29.4 Å². The molecule has 0 bridgehead atoms. The van der Waals surface area contributed by atoms with Gasteiger partial charge in [0, 0.05) is 5.69 Å². The zero-order valence-electron chi connectivity index (χ0n) is 20.3. The first-order valence-corrected chi connectivity index (χ1v) is 14.3. The molecule has 1 heterocycles. The number of anilines is 1. The number of carboxylic acids is 1. The normalized spacial score (nSPS) is 14.0. The summed E-state index contributed by atoms with van der Waals surface area (Å²) in [5.41, 5.74) is 2.25. The molecule has 1 fully saturated rings. The lowest BCUT2D eigenvalue weighted by Crippen LogP contribution is -2.36. The molecule has 0 atom stereocenters. The van der Waals surface area contributed by atoms with Crippen LogP contribution in [0.3, 0.4) is 0 Å². The lowest BCUT2D eigenvalue weighted by Gasteiger charge is -2.13. The van der Waals surface area contributed by atoms with Gasteiger partial charge in [0.1, 0.15) is 24.7 Å². The Morgan fingerprint density at radius 3 is 2.26 bits per heavy atom. The summed E-state index contributed by atoms with van der Waals surface area (Å²) in [5.74, 6) is -0.729. The van der Waals surface area contributed by atoms with Crippen LogP contribution in [-0.2, 0) is 16.2 Å². The molecule has 3 amide bonds. The minimum absolute atomic E-state index is 0.203. The summed E-state index contributed by atoms with van der Waals surface area (Å²) < 4.78 is 12.7. The first-order chi connectivity index (χ1) is 18.6. The zero-order chi connectivity index (χ0) is 28.1. The van der Waals surface area contributed by atoms with Crippen molar-refractivity contribution in [3.8, 4) is 11.5 Å². The fraction of sp³-hybridized carbons (Fsp3) is 0.111. The number of rotatable bonds is 9. The Kier molecular flexibility index (Phi) is 9.50. The molecule has 1 saturated heterocycles. The van der Waals surface area contributed by atoms with E-state index in [2.05, 4.69) is 50.5 Å². The smallest absolute Gasteiger partial charge is 0.335 e. The number of carbonyl (C=O) groups is 4. The fourth-order valence-corrected chi connectivity index (χ4v) is 6.47. The molecule has 1 aliphatic rings. The molecule has 1 aliphatic heterocycles. The second-order valence-corrected chi connectivity index (χ2v) is 11.5. The molecule has 3 aromatic rings. The van der Waals surface area contributed by atoms with E-state index in [0.29, 0.717) is 22.7 Å². The van der Waals surface area contributed by atoms with Gasteiger partial charge in [0.25, 0.3) is 11.1 Å². The summed E-state index contributed by atoms with van der Waals surface area (Å²) in [6.07, 6.45) is 1.62. The molecule has 0 spiro atoms. The third kappa shape index (κ3) is 7.30. The maximum atomic E-state index is 12.9. The Hall–Kier alpha value is -3.11. The van der Waals surface area contributed by atoms with Crippen LogP contribution in [0.2, 0.25) is 0 Å². The largest absolute Gasteiger partial charge is 0.497 e. The van der Waals surface area contributed by atoms with Crippen LogP contribution >= 0.6 is 56.9 Å². The first kappa shape index (κ1) is 28.9. The average Bonchev–Trinajstić information content (AvgIpc) is 3.16. The summed E-state index contributed by atoms with van der Waals surface area (Å²) in [6.45, 7) is -0.147. The number of carboxylic acid groups (broad SMARTS) is 1. The molecule has 0 saturated carbocycles. The minimum atomic E-state index is -0.989. The van der Waals surface area contributed by atoms with Crippen LogP contribution < -0.4 is 14.8 Å². The van der Waals surface area contributed by atoms with E-state index >= 15 is 0 Å². The van der Waals surface area contributed by atoms with Crippen molar-refractivity contribution in [3.05, 3.63) is 89.4 Å². The highest BCUT2D eigenvalue weighted by atomic mass is 127. The molecular weight excluding hydrogens is 750 g/mol. The maximum Gasteiger partial charge on any atom is 0.335 e. The summed E-state index contributed by atoms with van der Waals surface area (Å²) in [6, 6.07) is 16.8. The number of aromatic carboxylic acids is 1. The van der Waals surface area contributed by atoms with E-state index in [1.165, 1.54) is 19.2 Å². The van der Waals surface area contributed by atoms with E-state index in [9.17, 15) is 19.2 Å². The van der Waals surface area contributed by atoms with Gasteiger partial charge >= 0.3 is 5.97 Å². The third-order valence-corrected chi connectivity index (χ3v) is 7.96. The number of hydrogen-bond acceptors (Lipinski definition) is 7. The highest BCUT2D eigenvalue weighted by molar-refractivity contribution is 14.1. The first-order valence-electron chi connectivity index (χ1n) is 11.3. The molecule has 0 radical (unpaired) electrons. The Labute approximate surface area is 255 Å².